The zero-order chi connectivity index (χ0) is 10.8. The second kappa shape index (κ2) is 4.07. The Morgan fingerprint density at radius 2 is 2.13 bits per heavy atom. The van der Waals surface area contributed by atoms with Gasteiger partial charge >= 0.3 is 0 Å². The van der Waals surface area contributed by atoms with Crippen LogP contribution < -0.4 is 0 Å². The second-order valence-electron chi connectivity index (χ2n) is 3.77. The van der Waals surface area contributed by atoms with Gasteiger partial charge in [0.05, 0.1) is 5.02 Å². The van der Waals surface area contributed by atoms with Crippen LogP contribution in [0.4, 0.5) is 0 Å². The summed E-state index contributed by atoms with van der Waals surface area (Å²) >= 11 is 6.11. The van der Waals surface area contributed by atoms with Crippen molar-refractivity contribution in [2.45, 2.75) is 19.8 Å². The van der Waals surface area contributed by atoms with Crippen molar-refractivity contribution in [2.75, 3.05) is 0 Å². The average molecular weight is 222 g/mol. The Balaban J connectivity index is 2.51. The zero-order valence-corrected chi connectivity index (χ0v) is 9.45. The molecule has 0 unspecified atom stereocenters. The number of rotatable bonds is 2. The summed E-state index contributed by atoms with van der Waals surface area (Å²) in [5.74, 6) is 0.480. The smallest absolute Gasteiger partial charge is 0.181 e. The minimum Gasteiger partial charge on any atom is -0.451 e. The largest absolute Gasteiger partial charge is 0.451 e. The molecule has 0 saturated carbocycles. The van der Waals surface area contributed by atoms with E-state index >= 15 is 0 Å². The molecule has 1 aromatic carbocycles. The van der Waals surface area contributed by atoms with Gasteiger partial charge in [-0.1, -0.05) is 31.5 Å². The molecule has 2 nitrogen and oxygen atoms in total. The molecule has 1 aromatic heterocycles. The fraction of sp³-hybridized carbons (Fsp3) is 0.250. The third-order valence-electron chi connectivity index (χ3n) is 2.37. The number of halogens is 1. The minimum absolute atomic E-state index is 0.480. The summed E-state index contributed by atoms with van der Waals surface area (Å²) in [7, 11) is 0. The van der Waals surface area contributed by atoms with E-state index in [0.717, 1.165) is 11.3 Å². The summed E-state index contributed by atoms with van der Waals surface area (Å²) in [5.41, 5.74) is 2.96. The molecule has 0 saturated heterocycles. The number of oxazole rings is 1. The first-order valence-corrected chi connectivity index (χ1v) is 5.24. The van der Waals surface area contributed by atoms with Crippen LogP contribution >= 0.6 is 11.6 Å². The normalized spacial score (nSPS) is 10.9. The van der Waals surface area contributed by atoms with Crippen molar-refractivity contribution in [1.82, 2.24) is 4.98 Å². The van der Waals surface area contributed by atoms with Gasteiger partial charge in [-0.25, -0.2) is 4.98 Å². The predicted molar refractivity (Wildman–Crippen MR) is 61.0 cm³/mol. The summed E-state index contributed by atoms with van der Waals surface area (Å²) in [6, 6.07) is 6.00. The van der Waals surface area contributed by atoms with Crippen LogP contribution in [0, 0.1) is 0 Å². The number of nitrogens with zero attached hydrogens (tertiary/aromatic N) is 1. The summed E-state index contributed by atoms with van der Waals surface area (Å²) in [5, 5.41) is 0.702. The van der Waals surface area contributed by atoms with Gasteiger partial charge in [0.1, 0.15) is 12.0 Å². The SMILES string of the molecule is CC(C)c1ccc(Cl)c(-c2cocn2)c1. The van der Waals surface area contributed by atoms with Crippen LogP contribution in [0.5, 0.6) is 0 Å². The molecule has 1 heterocycles. The highest BCUT2D eigenvalue weighted by molar-refractivity contribution is 6.33. The molecule has 0 aliphatic heterocycles. The van der Waals surface area contributed by atoms with E-state index in [9.17, 15) is 0 Å². The highest BCUT2D eigenvalue weighted by Gasteiger charge is 2.08. The molecular weight excluding hydrogens is 210 g/mol. The first-order valence-electron chi connectivity index (χ1n) is 4.86. The zero-order valence-electron chi connectivity index (χ0n) is 8.70. The van der Waals surface area contributed by atoms with E-state index < -0.39 is 0 Å². The lowest BCUT2D eigenvalue weighted by atomic mass is 10.00. The third kappa shape index (κ3) is 2.05. The van der Waals surface area contributed by atoms with Crippen LogP contribution in [0.25, 0.3) is 11.3 Å². The van der Waals surface area contributed by atoms with Crippen LogP contribution in [0.15, 0.2) is 35.3 Å². The molecule has 0 bridgehead atoms. The maximum atomic E-state index is 6.11. The number of hydrogen-bond donors (Lipinski definition) is 0. The van der Waals surface area contributed by atoms with Crippen molar-refractivity contribution >= 4 is 11.6 Å². The van der Waals surface area contributed by atoms with Crippen molar-refractivity contribution in [3.63, 3.8) is 0 Å². The van der Waals surface area contributed by atoms with E-state index in [1.807, 2.05) is 12.1 Å². The van der Waals surface area contributed by atoms with Crippen molar-refractivity contribution in [1.29, 1.82) is 0 Å². The molecule has 0 spiro atoms. The molecular formula is C12H12ClNO. The lowest BCUT2D eigenvalue weighted by Gasteiger charge is -2.08. The summed E-state index contributed by atoms with van der Waals surface area (Å²) in [6.07, 6.45) is 3.01. The lowest BCUT2D eigenvalue weighted by Crippen LogP contribution is -1.89. The maximum absolute atomic E-state index is 6.11. The predicted octanol–water partition coefficient (Wildman–Crippen LogP) is 4.12. The Kier molecular flexibility index (Phi) is 2.78. The fourth-order valence-corrected chi connectivity index (χ4v) is 1.66. The van der Waals surface area contributed by atoms with Crippen LogP contribution in [0.2, 0.25) is 5.02 Å². The van der Waals surface area contributed by atoms with E-state index in [-0.39, 0.29) is 0 Å². The van der Waals surface area contributed by atoms with E-state index in [1.54, 1.807) is 6.26 Å². The molecule has 0 fully saturated rings. The number of aromatic nitrogens is 1. The van der Waals surface area contributed by atoms with E-state index in [4.69, 9.17) is 16.0 Å². The van der Waals surface area contributed by atoms with Gasteiger partial charge < -0.3 is 4.42 Å². The van der Waals surface area contributed by atoms with E-state index in [1.165, 1.54) is 12.0 Å². The Labute approximate surface area is 93.9 Å². The number of hydrogen-bond acceptors (Lipinski definition) is 2. The van der Waals surface area contributed by atoms with Crippen LogP contribution in [0.3, 0.4) is 0 Å². The highest BCUT2D eigenvalue weighted by Crippen LogP contribution is 2.29. The Bertz CT molecular complexity index is 449. The molecule has 2 rings (SSSR count). The van der Waals surface area contributed by atoms with Crippen molar-refractivity contribution in [3.8, 4) is 11.3 Å². The van der Waals surface area contributed by atoms with Gasteiger partial charge in [0.25, 0.3) is 0 Å². The Morgan fingerprint density at radius 1 is 1.33 bits per heavy atom. The molecule has 15 heavy (non-hydrogen) atoms. The number of benzene rings is 1. The van der Waals surface area contributed by atoms with Crippen LogP contribution in [-0.2, 0) is 0 Å². The van der Waals surface area contributed by atoms with Gasteiger partial charge in [0.2, 0.25) is 0 Å². The summed E-state index contributed by atoms with van der Waals surface area (Å²) < 4.78 is 4.95. The molecule has 0 aliphatic carbocycles. The van der Waals surface area contributed by atoms with Gasteiger partial charge in [-0.3, -0.25) is 0 Å². The van der Waals surface area contributed by atoms with Gasteiger partial charge in [0.15, 0.2) is 6.39 Å². The first-order chi connectivity index (χ1) is 7.18. The van der Waals surface area contributed by atoms with Gasteiger partial charge in [-0.05, 0) is 23.6 Å². The quantitative estimate of drug-likeness (QED) is 0.763. The Morgan fingerprint density at radius 3 is 2.73 bits per heavy atom. The van der Waals surface area contributed by atoms with E-state index in [2.05, 4.69) is 24.9 Å². The minimum atomic E-state index is 0.480. The molecule has 0 radical (unpaired) electrons. The molecule has 0 aliphatic rings. The first kappa shape index (κ1) is 10.2. The van der Waals surface area contributed by atoms with Crippen LogP contribution in [-0.4, -0.2) is 4.98 Å². The lowest BCUT2D eigenvalue weighted by molar-refractivity contribution is 0.558. The standard InChI is InChI=1S/C12H12ClNO/c1-8(2)9-3-4-11(13)10(5-9)12-6-15-7-14-12/h3-8H,1-2H3. The highest BCUT2D eigenvalue weighted by atomic mass is 35.5. The molecule has 0 N–H and O–H groups in total. The fourth-order valence-electron chi connectivity index (χ4n) is 1.44. The monoisotopic (exact) mass is 221 g/mol. The maximum Gasteiger partial charge on any atom is 0.181 e. The molecule has 78 valence electrons. The van der Waals surface area contributed by atoms with Crippen molar-refractivity contribution < 1.29 is 4.42 Å². The van der Waals surface area contributed by atoms with Crippen molar-refractivity contribution in [3.05, 3.63) is 41.4 Å². The van der Waals surface area contributed by atoms with Crippen LogP contribution in [0.1, 0.15) is 25.3 Å². The molecule has 0 amide bonds. The van der Waals surface area contributed by atoms with Gasteiger partial charge in [-0.2, -0.15) is 0 Å². The average Bonchev–Trinajstić information content (AvgIpc) is 2.71. The summed E-state index contributed by atoms with van der Waals surface area (Å²) in [4.78, 5) is 4.10. The van der Waals surface area contributed by atoms with Crippen molar-refractivity contribution in [2.24, 2.45) is 0 Å². The molecule has 2 aromatic rings. The molecule has 0 atom stereocenters. The second-order valence-corrected chi connectivity index (χ2v) is 4.17. The van der Waals surface area contributed by atoms with Gasteiger partial charge in [0, 0.05) is 5.56 Å². The topological polar surface area (TPSA) is 26.0 Å². The Hall–Kier alpha value is -1.28. The summed E-state index contributed by atoms with van der Waals surface area (Å²) in [6.45, 7) is 4.30. The van der Waals surface area contributed by atoms with Gasteiger partial charge in [-0.15, -0.1) is 0 Å². The molecule has 3 heteroatoms. The third-order valence-corrected chi connectivity index (χ3v) is 2.69. The van der Waals surface area contributed by atoms with E-state index in [0.29, 0.717) is 10.9 Å².